The van der Waals surface area contributed by atoms with Crippen LogP contribution in [0.25, 0.3) is 0 Å². The first-order chi connectivity index (χ1) is 9.08. The van der Waals surface area contributed by atoms with Gasteiger partial charge in [-0.3, -0.25) is 0 Å². The number of rotatable bonds is 5. The van der Waals surface area contributed by atoms with E-state index < -0.39 is 0 Å². The number of nitrogens with one attached hydrogen (secondary N) is 1. The lowest BCUT2D eigenvalue weighted by atomic mass is 10.3. The zero-order valence-electron chi connectivity index (χ0n) is 11.4. The molecule has 2 nitrogen and oxygen atoms in total. The summed E-state index contributed by atoms with van der Waals surface area (Å²) in [6.07, 6.45) is 6.57. The van der Waals surface area contributed by atoms with E-state index in [0.717, 1.165) is 12.1 Å². The molecule has 102 valence electrons. The van der Waals surface area contributed by atoms with Crippen molar-refractivity contribution in [3.63, 3.8) is 0 Å². The highest BCUT2D eigenvalue weighted by Gasteiger charge is 2.07. The third-order valence-corrected chi connectivity index (χ3v) is 2.98. The zero-order valence-corrected chi connectivity index (χ0v) is 13.0. The minimum Gasteiger partial charge on any atom is -0.337 e. The molecule has 0 amide bonds. The molecule has 0 atom stereocenters. The molecule has 19 heavy (non-hydrogen) atoms. The number of hydrogen-bond donors (Lipinski definition) is 1. The molecule has 1 aromatic carbocycles. The Morgan fingerprint density at radius 3 is 2.79 bits per heavy atom. The molecule has 0 radical (unpaired) electrons. The van der Waals surface area contributed by atoms with Crippen LogP contribution in [-0.2, 0) is 0 Å². The van der Waals surface area contributed by atoms with E-state index in [4.69, 9.17) is 0 Å². The van der Waals surface area contributed by atoms with Gasteiger partial charge in [-0.05, 0) is 60.5 Å². The lowest BCUT2D eigenvalue weighted by Crippen LogP contribution is -2.02. The van der Waals surface area contributed by atoms with E-state index in [1.54, 1.807) is 12.1 Å². The van der Waals surface area contributed by atoms with Crippen molar-refractivity contribution in [3.05, 3.63) is 52.5 Å². The van der Waals surface area contributed by atoms with Crippen LogP contribution >= 0.6 is 15.9 Å². The second-order valence-electron chi connectivity index (χ2n) is 3.97. The van der Waals surface area contributed by atoms with Gasteiger partial charge in [-0.25, -0.2) is 9.38 Å². The van der Waals surface area contributed by atoms with Gasteiger partial charge in [0.1, 0.15) is 11.6 Å². The minimum absolute atomic E-state index is 0.310. The highest BCUT2D eigenvalue weighted by molar-refractivity contribution is 9.10. The molecule has 0 aromatic heterocycles. The van der Waals surface area contributed by atoms with Crippen molar-refractivity contribution in [1.82, 2.24) is 0 Å². The molecule has 0 fully saturated rings. The summed E-state index contributed by atoms with van der Waals surface area (Å²) in [7, 11) is 0. The summed E-state index contributed by atoms with van der Waals surface area (Å²) in [5.41, 5.74) is 1.27. The van der Waals surface area contributed by atoms with E-state index in [9.17, 15) is 4.39 Å². The van der Waals surface area contributed by atoms with Crippen LogP contribution in [0.2, 0.25) is 0 Å². The Bertz CT molecular complexity index is 499. The summed E-state index contributed by atoms with van der Waals surface area (Å²) in [6, 6.07) is 4.86. The topological polar surface area (TPSA) is 24.4 Å². The lowest BCUT2D eigenvalue weighted by molar-refractivity contribution is 0.630. The van der Waals surface area contributed by atoms with Gasteiger partial charge in [0.05, 0.1) is 5.69 Å². The largest absolute Gasteiger partial charge is 0.337 e. The first-order valence-corrected chi connectivity index (χ1v) is 6.97. The molecule has 0 saturated carbocycles. The third-order valence-electron chi connectivity index (χ3n) is 2.32. The Morgan fingerprint density at radius 1 is 1.47 bits per heavy atom. The monoisotopic (exact) mass is 324 g/mol. The van der Waals surface area contributed by atoms with Crippen LogP contribution in [0.3, 0.4) is 0 Å². The quantitative estimate of drug-likeness (QED) is 0.731. The first kappa shape index (κ1) is 15.6. The number of benzene rings is 1. The Hall–Kier alpha value is -1.42. The number of allylic oxidation sites excluding steroid dienone is 3. The predicted molar refractivity (Wildman–Crippen MR) is 84.0 cm³/mol. The summed E-state index contributed by atoms with van der Waals surface area (Å²) in [5.74, 6) is 0.333. The Labute approximate surface area is 122 Å². The van der Waals surface area contributed by atoms with Crippen molar-refractivity contribution < 1.29 is 4.39 Å². The minimum atomic E-state index is -0.310. The summed E-state index contributed by atoms with van der Waals surface area (Å²) < 4.78 is 14.4. The van der Waals surface area contributed by atoms with Gasteiger partial charge < -0.3 is 5.32 Å². The molecule has 0 aliphatic rings. The van der Waals surface area contributed by atoms with Crippen molar-refractivity contribution in [1.29, 1.82) is 0 Å². The van der Waals surface area contributed by atoms with E-state index in [0.29, 0.717) is 16.0 Å². The van der Waals surface area contributed by atoms with Crippen LogP contribution in [0, 0.1) is 5.82 Å². The van der Waals surface area contributed by atoms with Gasteiger partial charge in [0.25, 0.3) is 0 Å². The van der Waals surface area contributed by atoms with Crippen LogP contribution in [0.1, 0.15) is 27.2 Å². The molecular weight excluding hydrogens is 307 g/mol. The van der Waals surface area contributed by atoms with Gasteiger partial charge in [-0.1, -0.05) is 19.1 Å². The molecule has 1 rings (SSSR count). The van der Waals surface area contributed by atoms with Crippen molar-refractivity contribution >= 4 is 27.3 Å². The number of halogens is 2. The second kappa shape index (κ2) is 7.89. The van der Waals surface area contributed by atoms with Crippen molar-refractivity contribution in [2.45, 2.75) is 27.2 Å². The highest BCUT2D eigenvalue weighted by Crippen LogP contribution is 2.26. The van der Waals surface area contributed by atoms with Crippen LogP contribution < -0.4 is 5.32 Å². The van der Waals surface area contributed by atoms with Crippen LogP contribution in [0.15, 0.2) is 51.7 Å². The molecule has 4 heteroatoms. The van der Waals surface area contributed by atoms with E-state index >= 15 is 0 Å². The zero-order chi connectivity index (χ0) is 14.3. The molecule has 0 saturated heterocycles. The summed E-state index contributed by atoms with van der Waals surface area (Å²) in [4.78, 5) is 4.43. The lowest BCUT2D eigenvalue weighted by Gasteiger charge is -2.10. The van der Waals surface area contributed by atoms with Crippen LogP contribution in [0.5, 0.6) is 0 Å². The van der Waals surface area contributed by atoms with Crippen molar-refractivity contribution in [3.8, 4) is 0 Å². The molecule has 0 spiro atoms. The summed E-state index contributed by atoms with van der Waals surface area (Å²) in [5, 5.41) is 3.02. The Kier molecular flexibility index (Phi) is 6.50. The van der Waals surface area contributed by atoms with Gasteiger partial charge in [0.2, 0.25) is 0 Å². The van der Waals surface area contributed by atoms with E-state index in [1.165, 1.54) is 6.07 Å². The van der Waals surface area contributed by atoms with Gasteiger partial charge in [-0.15, -0.1) is 0 Å². The fraction of sp³-hybridized carbons (Fsp3) is 0.267. The number of anilines is 1. The fourth-order valence-corrected chi connectivity index (χ4v) is 1.97. The molecule has 0 bridgehead atoms. The third kappa shape index (κ3) is 4.99. The number of hydrogen-bond acceptors (Lipinski definition) is 2. The fourth-order valence-electron chi connectivity index (χ4n) is 1.53. The maximum atomic E-state index is 13.8. The number of aliphatic imine (C=N–C) groups is 1. The van der Waals surface area contributed by atoms with E-state index in [2.05, 4.69) is 26.2 Å². The molecule has 0 unspecified atom stereocenters. The molecule has 0 heterocycles. The maximum Gasteiger partial charge on any atom is 0.147 e. The van der Waals surface area contributed by atoms with Gasteiger partial charge in [0.15, 0.2) is 0 Å². The molecule has 1 aromatic rings. The molecule has 0 aliphatic carbocycles. The normalized spacial score (nSPS) is 13.1. The maximum absolute atomic E-state index is 13.8. The highest BCUT2D eigenvalue weighted by atomic mass is 79.9. The standard InChI is InChI=1S/C15H18BrFN2/c1-4-7-11(3)18-14(8-5-2)19-15-12(16)9-6-10-13(15)17/h4,6-10,19H,5H2,1-3H3/b7-4-,14-8-,18-11-. The SMILES string of the molecule is C\C=C/C(C)=N\C(=C\CC)Nc1c(F)cccc1Br. The molecule has 0 aliphatic heterocycles. The van der Waals surface area contributed by atoms with E-state index in [1.807, 2.05) is 39.0 Å². The van der Waals surface area contributed by atoms with Crippen molar-refractivity contribution in [2.24, 2.45) is 4.99 Å². The predicted octanol–water partition coefficient (Wildman–Crippen LogP) is 5.29. The van der Waals surface area contributed by atoms with Gasteiger partial charge in [-0.2, -0.15) is 0 Å². The van der Waals surface area contributed by atoms with Crippen molar-refractivity contribution in [2.75, 3.05) is 5.32 Å². The second-order valence-corrected chi connectivity index (χ2v) is 4.83. The van der Waals surface area contributed by atoms with Gasteiger partial charge >= 0.3 is 0 Å². The smallest absolute Gasteiger partial charge is 0.147 e. The van der Waals surface area contributed by atoms with E-state index in [-0.39, 0.29) is 5.82 Å². The molecule has 1 N–H and O–H groups in total. The van der Waals surface area contributed by atoms with Crippen LogP contribution in [0.4, 0.5) is 10.1 Å². The first-order valence-electron chi connectivity index (χ1n) is 6.17. The average Bonchev–Trinajstić information content (AvgIpc) is 2.34. The summed E-state index contributed by atoms with van der Waals surface area (Å²) in [6.45, 7) is 5.85. The number of para-hydroxylation sites is 1. The molecular formula is C15H18BrFN2. The summed E-state index contributed by atoms with van der Waals surface area (Å²) >= 11 is 3.33. The Balaban J connectivity index is 3.04. The van der Waals surface area contributed by atoms with Gasteiger partial charge in [0, 0.05) is 10.2 Å². The number of nitrogens with zero attached hydrogens (tertiary/aromatic N) is 1. The average molecular weight is 325 g/mol. The van der Waals surface area contributed by atoms with Crippen LogP contribution in [-0.4, -0.2) is 5.71 Å². The Morgan fingerprint density at radius 2 is 2.21 bits per heavy atom.